The summed E-state index contributed by atoms with van der Waals surface area (Å²) in [6, 6.07) is 0. The zero-order valence-corrected chi connectivity index (χ0v) is 7.56. The molecule has 0 aliphatic carbocycles. The molecule has 4 nitrogen and oxygen atoms in total. The van der Waals surface area contributed by atoms with E-state index in [1.54, 1.807) is 0 Å². The van der Waals surface area contributed by atoms with Crippen molar-refractivity contribution in [3.8, 4) is 0 Å². The Morgan fingerprint density at radius 3 is 2.82 bits per heavy atom. The molecule has 0 radical (unpaired) electrons. The molecule has 64 valence electrons. The summed E-state index contributed by atoms with van der Waals surface area (Å²) in [5, 5.41) is 10.8. The quantitative estimate of drug-likeness (QED) is 0.727. The number of aromatic nitrogens is 3. The molecule has 0 aromatic carbocycles. The van der Waals surface area contributed by atoms with Crippen molar-refractivity contribution in [2.75, 3.05) is 7.05 Å². The molecular formula is C6H13ClN4. The average Bonchev–Trinajstić information content (AvgIpc) is 2.37. The fourth-order valence-electron chi connectivity index (χ4n) is 0.755. The van der Waals surface area contributed by atoms with Crippen LogP contribution >= 0.6 is 12.4 Å². The summed E-state index contributed by atoms with van der Waals surface area (Å²) in [7, 11) is 1.89. The molecule has 0 aliphatic heterocycles. The highest BCUT2D eigenvalue weighted by atomic mass is 35.5. The van der Waals surface area contributed by atoms with Crippen LogP contribution < -0.4 is 5.32 Å². The first-order chi connectivity index (χ1) is 4.86. The van der Waals surface area contributed by atoms with Gasteiger partial charge in [-0.2, -0.15) is 0 Å². The summed E-state index contributed by atoms with van der Waals surface area (Å²) < 4.78 is 1.81. The number of rotatable bonds is 3. The maximum atomic E-state index is 3.93. The van der Waals surface area contributed by atoms with Crippen LogP contribution in [-0.2, 0) is 13.1 Å². The molecule has 0 fully saturated rings. The lowest BCUT2D eigenvalue weighted by atomic mass is 10.5. The van der Waals surface area contributed by atoms with Gasteiger partial charge in [-0.25, -0.2) is 0 Å². The van der Waals surface area contributed by atoms with Gasteiger partial charge in [0.15, 0.2) is 0 Å². The molecule has 1 aromatic rings. The Kier molecular flexibility index (Phi) is 4.81. The summed E-state index contributed by atoms with van der Waals surface area (Å²) >= 11 is 0. The molecule has 0 saturated carbocycles. The predicted molar refractivity (Wildman–Crippen MR) is 45.7 cm³/mol. The Morgan fingerprint density at radius 1 is 1.64 bits per heavy atom. The monoisotopic (exact) mass is 176 g/mol. The summed E-state index contributed by atoms with van der Waals surface area (Å²) in [5.41, 5.74) is 0.990. The van der Waals surface area contributed by atoms with Gasteiger partial charge in [0.05, 0.1) is 5.69 Å². The van der Waals surface area contributed by atoms with Gasteiger partial charge in [0, 0.05) is 19.3 Å². The lowest BCUT2D eigenvalue weighted by Gasteiger charge is -1.89. The van der Waals surface area contributed by atoms with Crippen LogP contribution in [0.5, 0.6) is 0 Å². The van der Waals surface area contributed by atoms with Gasteiger partial charge in [-0.05, 0) is 14.0 Å². The second kappa shape index (κ2) is 5.09. The van der Waals surface area contributed by atoms with Gasteiger partial charge >= 0.3 is 0 Å². The van der Waals surface area contributed by atoms with Crippen molar-refractivity contribution < 1.29 is 0 Å². The summed E-state index contributed by atoms with van der Waals surface area (Å²) in [6.45, 7) is 3.72. The lowest BCUT2D eigenvalue weighted by molar-refractivity contribution is 0.626. The second-order valence-corrected chi connectivity index (χ2v) is 2.10. The third-order valence-corrected chi connectivity index (χ3v) is 1.27. The summed E-state index contributed by atoms with van der Waals surface area (Å²) in [4.78, 5) is 0. The van der Waals surface area contributed by atoms with Crippen LogP contribution in [0.25, 0.3) is 0 Å². The third kappa shape index (κ3) is 2.86. The molecule has 0 atom stereocenters. The summed E-state index contributed by atoms with van der Waals surface area (Å²) in [5.74, 6) is 0. The zero-order valence-electron chi connectivity index (χ0n) is 6.74. The van der Waals surface area contributed by atoms with Gasteiger partial charge in [0.2, 0.25) is 0 Å². The van der Waals surface area contributed by atoms with Gasteiger partial charge in [-0.15, -0.1) is 17.5 Å². The van der Waals surface area contributed by atoms with E-state index in [4.69, 9.17) is 0 Å². The van der Waals surface area contributed by atoms with Gasteiger partial charge in [-0.1, -0.05) is 5.21 Å². The first-order valence-corrected chi connectivity index (χ1v) is 3.40. The molecule has 0 bridgehead atoms. The Bertz CT molecular complexity index is 198. The minimum Gasteiger partial charge on any atom is -0.314 e. The first kappa shape index (κ1) is 10.4. The minimum absolute atomic E-state index is 0. The molecule has 11 heavy (non-hydrogen) atoms. The van der Waals surface area contributed by atoms with E-state index in [1.165, 1.54) is 0 Å². The molecule has 1 aromatic heterocycles. The van der Waals surface area contributed by atoms with E-state index in [0.717, 1.165) is 18.8 Å². The van der Waals surface area contributed by atoms with Crippen LogP contribution in [-0.4, -0.2) is 22.0 Å². The highest BCUT2D eigenvalue weighted by Crippen LogP contribution is 1.90. The number of aryl methyl sites for hydroxylation is 1. The van der Waals surface area contributed by atoms with Gasteiger partial charge in [0.25, 0.3) is 0 Å². The van der Waals surface area contributed by atoms with Crippen molar-refractivity contribution >= 4 is 12.4 Å². The molecule has 0 unspecified atom stereocenters. The Labute approximate surface area is 72.4 Å². The van der Waals surface area contributed by atoms with Crippen LogP contribution in [0.3, 0.4) is 0 Å². The number of nitrogens with one attached hydrogen (secondary N) is 1. The SMILES string of the molecule is CCn1cc(CNC)nn1.Cl. The van der Waals surface area contributed by atoms with Gasteiger partial charge in [0.1, 0.15) is 0 Å². The van der Waals surface area contributed by atoms with E-state index in [1.807, 2.05) is 24.9 Å². The predicted octanol–water partition coefficient (Wildman–Crippen LogP) is 0.439. The van der Waals surface area contributed by atoms with Crippen molar-refractivity contribution in [2.45, 2.75) is 20.0 Å². The number of nitrogens with zero attached hydrogens (tertiary/aromatic N) is 3. The fraction of sp³-hybridized carbons (Fsp3) is 0.667. The topological polar surface area (TPSA) is 42.7 Å². The average molecular weight is 177 g/mol. The van der Waals surface area contributed by atoms with E-state index in [0.29, 0.717) is 0 Å². The maximum Gasteiger partial charge on any atom is 0.0964 e. The second-order valence-electron chi connectivity index (χ2n) is 2.10. The minimum atomic E-state index is 0. The summed E-state index contributed by atoms with van der Waals surface area (Å²) in [6.07, 6.45) is 1.94. The third-order valence-electron chi connectivity index (χ3n) is 1.27. The number of hydrogen-bond acceptors (Lipinski definition) is 3. The molecule has 1 rings (SSSR count). The van der Waals surface area contributed by atoms with Crippen molar-refractivity contribution in [2.24, 2.45) is 0 Å². The van der Waals surface area contributed by atoms with E-state index in [9.17, 15) is 0 Å². The Morgan fingerprint density at radius 2 is 2.36 bits per heavy atom. The molecular weight excluding hydrogens is 164 g/mol. The van der Waals surface area contributed by atoms with E-state index < -0.39 is 0 Å². The molecule has 0 amide bonds. The molecule has 0 aliphatic rings. The van der Waals surface area contributed by atoms with Crippen molar-refractivity contribution in [1.82, 2.24) is 20.3 Å². The molecule has 1 heterocycles. The highest BCUT2D eigenvalue weighted by Gasteiger charge is 1.95. The smallest absolute Gasteiger partial charge is 0.0964 e. The number of halogens is 1. The molecule has 0 saturated heterocycles. The molecule has 5 heteroatoms. The van der Waals surface area contributed by atoms with Crippen LogP contribution in [0, 0.1) is 0 Å². The Hall–Kier alpha value is -0.610. The molecule has 1 N–H and O–H groups in total. The van der Waals surface area contributed by atoms with Crippen LogP contribution in [0.15, 0.2) is 6.20 Å². The van der Waals surface area contributed by atoms with Crippen molar-refractivity contribution in [1.29, 1.82) is 0 Å². The van der Waals surface area contributed by atoms with E-state index >= 15 is 0 Å². The van der Waals surface area contributed by atoms with Gasteiger partial charge < -0.3 is 5.32 Å². The van der Waals surface area contributed by atoms with E-state index in [2.05, 4.69) is 15.6 Å². The van der Waals surface area contributed by atoms with E-state index in [-0.39, 0.29) is 12.4 Å². The largest absolute Gasteiger partial charge is 0.314 e. The molecule has 0 spiro atoms. The van der Waals surface area contributed by atoms with Gasteiger partial charge in [-0.3, -0.25) is 4.68 Å². The van der Waals surface area contributed by atoms with Crippen molar-refractivity contribution in [3.05, 3.63) is 11.9 Å². The standard InChI is InChI=1S/C6H12N4.ClH/c1-3-10-5-6(4-7-2)8-9-10;/h5,7H,3-4H2,1-2H3;1H. The lowest BCUT2D eigenvalue weighted by Crippen LogP contribution is -2.04. The van der Waals surface area contributed by atoms with Crippen LogP contribution in [0.1, 0.15) is 12.6 Å². The number of hydrogen-bond donors (Lipinski definition) is 1. The zero-order chi connectivity index (χ0) is 7.40. The Balaban J connectivity index is 0.000001000. The van der Waals surface area contributed by atoms with Crippen molar-refractivity contribution in [3.63, 3.8) is 0 Å². The van der Waals surface area contributed by atoms with Crippen LogP contribution in [0.2, 0.25) is 0 Å². The highest BCUT2D eigenvalue weighted by molar-refractivity contribution is 5.85. The van der Waals surface area contributed by atoms with Crippen LogP contribution in [0.4, 0.5) is 0 Å². The normalized spacial score (nSPS) is 9.27. The fourth-order valence-corrected chi connectivity index (χ4v) is 0.755. The first-order valence-electron chi connectivity index (χ1n) is 3.40. The maximum absolute atomic E-state index is 3.93.